The Labute approximate surface area is 113 Å². The van der Waals surface area contributed by atoms with Crippen molar-refractivity contribution < 1.29 is 19.0 Å². The number of rotatable bonds is 7. The van der Waals surface area contributed by atoms with Gasteiger partial charge in [-0.05, 0) is 44.5 Å². The lowest BCUT2D eigenvalue weighted by atomic mass is 10.1. The van der Waals surface area contributed by atoms with Crippen molar-refractivity contribution >= 4 is 5.97 Å². The third-order valence-electron chi connectivity index (χ3n) is 2.58. The zero-order chi connectivity index (χ0) is 14.3. The highest BCUT2D eigenvalue weighted by Crippen LogP contribution is 2.29. The second kappa shape index (κ2) is 7.63. The molecule has 0 spiro atoms. The fraction of sp³-hybridized carbons (Fsp3) is 0.500. The molecule has 2 N–H and O–H groups in total. The van der Waals surface area contributed by atoms with Crippen molar-refractivity contribution in [2.75, 3.05) is 20.3 Å². The third kappa shape index (κ3) is 4.44. The molecule has 1 rings (SSSR count). The molecular weight excluding hydrogens is 246 g/mol. The number of carbonyl (C=O) groups is 1. The summed E-state index contributed by atoms with van der Waals surface area (Å²) < 4.78 is 15.7. The van der Waals surface area contributed by atoms with Gasteiger partial charge < -0.3 is 19.9 Å². The van der Waals surface area contributed by atoms with E-state index in [4.69, 9.17) is 15.2 Å². The molecule has 0 amide bonds. The van der Waals surface area contributed by atoms with Gasteiger partial charge >= 0.3 is 5.97 Å². The predicted molar refractivity (Wildman–Crippen MR) is 72.5 cm³/mol. The zero-order valence-corrected chi connectivity index (χ0v) is 11.6. The molecule has 19 heavy (non-hydrogen) atoms. The quantitative estimate of drug-likeness (QED) is 0.758. The van der Waals surface area contributed by atoms with E-state index in [9.17, 15) is 4.79 Å². The number of hydrogen-bond donors (Lipinski definition) is 1. The highest BCUT2D eigenvalue weighted by atomic mass is 16.6. The van der Waals surface area contributed by atoms with Gasteiger partial charge in [0.1, 0.15) is 0 Å². The minimum Gasteiger partial charge on any atom is -0.490 e. The largest absolute Gasteiger partial charge is 0.490 e. The van der Waals surface area contributed by atoms with Crippen molar-refractivity contribution in [3.8, 4) is 11.5 Å². The van der Waals surface area contributed by atoms with E-state index in [0.717, 1.165) is 12.0 Å². The summed E-state index contributed by atoms with van der Waals surface area (Å²) in [5.41, 5.74) is 6.60. The van der Waals surface area contributed by atoms with Crippen LogP contribution in [0.15, 0.2) is 18.2 Å². The zero-order valence-electron chi connectivity index (χ0n) is 11.6. The molecule has 0 bridgehead atoms. The number of esters is 1. The average Bonchev–Trinajstić information content (AvgIpc) is 2.41. The molecule has 0 heterocycles. The van der Waals surface area contributed by atoms with Crippen LogP contribution < -0.4 is 15.2 Å². The number of methoxy groups -OCH3 is 1. The fourth-order valence-electron chi connectivity index (χ4n) is 1.64. The first-order valence-electron chi connectivity index (χ1n) is 6.32. The predicted octanol–water partition coefficient (Wildman–Crippen LogP) is 1.53. The Bertz CT molecular complexity index is 420. The van der Waals surface area contributed by atoms with Crippen molar-refractivity contribution in [2.24, 2.45) is 5.73 Å². The first kappa shape index (κ1) is 15.3. The molecule has 0 saturated heterocycles. The van der Waals surface area contributed by atoms with E-state index in [2.05, 4.69) is 4.74 Å². The van der Waals surface area contributed by atoms with Gasteiger partial charge in [-0.2, -0.15) is 0 Å². The van der Waals surface area contributed by atoms with Crippen molar-refractivity contribution in [1.82, 2.24) is 0 Å². The van der Waals surface area contributed by atoms with Gasteiger partial charge in [-0.3, -0.25) is 0 Å². The lowest BCUT2D eigenvalue weighted by Gasteiger charge is -2.16. The Morgan fingerprint density at radius 1 is 1.37 bits per heavy atom. The van der Waals surface area contributed by atoms with E-state index in [1.54, 1.807) is 13.0 Å². The molecular formula is C14H21NO4. The molecule has 106 valence electrons. The van der Waals surface area contributed by atoms with E-state index in [0.29, 0.717) is 24.7 Å². The SMILES string of the molecule is CCOc1cc(CCN)ccc1OC(C)C(=O)OC. The molecule has 5 nitrogen and oxygen atoms in total. The minimum atomic E-state index is -0.676. The second-order valence-corrected chi connectivity index (χ2v) is 4.04. The number of benzene rings is 1. The maximum Gasteiger partial charge on any atom is 0.346 e. The highest BCUT2D eigenvalue weighted by Gasteiger charge is 2.17. The van der Waals surface area contributed by atoms with Crippen molar-refractivity contribution in [3.63, 3.8) is 0 Å². The maximum absolute atomic E-state index is 11.4. The van der Waals surface area contributed by atoms with Crippen molar-refractivity contribution in [2.45, 2.75) is 26.4 Å². The van der Waals surface area contributed by atoms with Gasteiger partial charge in [0, 0.05) is 0 Å². The van der Waals surface area contributed by atoms with Gasteiger partial charge in [0.25, 0.3) is 0 Å². The summed E-state index contributed by atoms with van der Waals surface area (Å²) in [7, 11) is 1.33. The lowest BCUT2D eigenvalue weighted by Crippen LogP contribution is -2.25. The molecule has 0 aliphatic heterocycles. The second-order valence-electron chi connectivity index (χ2n) is 4.04. The molecule has 1 aromatic carbocycles. The molecule has 0 saturated carbocycles. The first-order chi connectivity index (χ1) is 9.12. The van der Waals surface area contributed by atoms with Crippen LogP contribution in [0.5, 0.6) is 11.5 Å². The summed E-state index contributed by atoms with van der Waals surface area (Å²) in [5, 5.41) is 0. The number of nitrogens with two attached hydrogens (primary N) is 1. The van der Waals surface area contributed by atoms with Gasteiger partial charge in [-0.25, -0.2) is 4.79 Å². The van der Waals surface area contributed by atoms with Crippen molar-refractivity contribution in [1.29, 1.82) is 0 Å². The van der Waals surface area contributed by atoms with E-state index < -0.39 is 12.1 Å². The van der Waals surface area contributed by atoms with E-state index in [1.165, 1.54) is 7.11 Å². The lowest BCUT2D eigenvalue weighted by molar-refractivity contribution is -0.147. The average molecular weight is 267 g/mol. The molecule has 0 aliphatic rings. The minimum absolute atomic E-state index is 0.423. The van der Waals surface area contributed by atoms with Crippen LogP contribution >= 0.6 is 0 Å². The Kier molecular flexibility index (Phi) is 6.15. The molecule has 0 fully saturated rings. The molecule has 0 aromatic heterocycles. The molecule has 0 aliphatic carbocycles. The summed E-state index contributed by atoms with van der Waals surface area (Å²) in [6.45, 7) is 4.62. The van der Waals surface area contributed by atoms with Gasteiger partial charge in [0.15, 0.2) is 17.6 Å². The van der Waals surface area contributed by atoms with Crippen LogP contribution in [0, 0.1) is 0 Å². The fourth-order valence-corrected chi connectivity index (χ4v) is 1.64. The summed E-state index contributed by atoms with van der Waals surface area (Å²) in [6.07, 6.45) is 0.0944. The Hall–Kier alpha value is -1.75. The monoisotopic (exact) mass is 267 g/mol. The topological polar surface area (TPSA) is 70.8 Å². The summed E-state index contributed by atoms with van der Waals surface area (Å²) in [4.78, 5) is 11.4. The van der Waals surface area contributed by atoms with Crippen LogP contribution in [-0.2, 0) is 16.0 Å². The highest BCUT2D eigenvalue weighted by molar-refractivity contribution is 5.74. The van der Waals surface area contributed by atoms with Crippen molar-refractivity contribution in [3.05, 3.63) is 23.8 Å². The molecule has 5 heteroatoms. The molecule has 1 atom stereocenters. The Morgan fingerprint density at radius 3 is 2.68 bits per heavy atom. The normalized spacial score (nSPS) is 11.8. The summed E-state index contributed by atoms with van der Waals surface area (Å²) in [5.74, 6) is 0.721. The Balaban J connectivity index is 2.89. The van der Waals surface area contributed by atoms with Gasteiger partial charge in [0.05, 0.1) is 13.7 Å². The summed E-state index contributed by atoms with van der Waals surface area (Å²) in [6, 6.07) is 5.58. The molecule has 1 unspecified atom stereocenters. The van der Waals surface area contributed by atoms with Crippen LogP contribution in [0.1, 0.15) is 19.4 Å². The number of hydrogen-bond acceptors (Lipinski definition) is 5. The smallest absolute Gasteiger partial charge is 0.346 e. The van der Waals surface area contributed by atoms with Gasteiger partial charge in [-0.1, -0.05) is 6.07 Å². The summed E-state index contributed by atoms with van der Waals surface area (Å²) >= 11 is 0. The van der Waals surface area contributed by atoms with E-state index in [-0.39, 0.29) is 0 Å². The van der Waals surface area contributed by atoms with Gasteiger partial charge in [-0.15, -0.1) is 0 Å². The standard InChI is InChI=1S/C14H21NO4/c1-4-18-13-9-11(7-8-15)5-6-12(13)19-10(2)14(16)17-3/h5-6,9-10H,4,7-8,15H2,1-3H3. The van der Waals surface area contributed by atoms with Crippen LogP contribution in [0.4, 0.5) is 0 Å². The first-order valence-corrected chi connectivity index (χ1v) is 6.32. The number of ether oxygens (including phenoxy) is 3. The Morgan fingerprint density at radius 2 is 2.11 bits per heavy atom. The molecule has 0 radical (unpaired) electrons. The van der Waals surface area contributed by atoms with Gasteiger partial charge in [0.2, 0.25) is 0 Å². The maximum atomic E-state index is 11.4. The van der Waals surface area contributed by atoms with E-state index >= 15 is 0 Å². The third-order valence-corrected chi connectivity index (χ3v) is 2.58. The van der Waals surface area contributed by atoms with Crippen LogP contribution in [0.2, 0.25) is 0 Å². The van der Waals surface area contributed by atoms with E-state index in [1.807, 2.05) is 19.1 Å². The van der Waals surface area contributed by atoms with Crippen LogP contribution in [0.25, 0.3) is 0 Å². The number of carbonyl (C=O) groups excluding carboxylic acids is 1. The van der Waals surface area contributed by atoms with Crippen LogP contribution in [-0.4, -0.2) is 32.3 Å². The molecule has 1 aromatic rings. The van der Waals surface area contributed by atoms with Crippen LogP contribution in [0.3, 0.4) is 0 Å².